The smallest absolute Gasteiger partial charge is 0.255 e. The van der Waals surface area contributed by atoms with E-state index >= 15 is 0 Å². The van der Waals surface area contributed by atoms with Crippen LogP contribution in [0.3, 0.4) is 0 Å². The number of hydrogen-bond acceptors (Lipinski definition) is 5. The molecule has 25 heavy (non-hydrogen) atoms. The summed E-state index contributed by atoms with van der Waals surface area (Å²) in [5.74, 6) is 0.728. The Bertz CT molecular complexity index is 889. The lowest BCUT2D eigenvalue weighted by Crippen LogP contribution is -2.24. The van der Waals surface area contributed by atoms with E-state index in [2.05, 4.69) is 10.4 Å². The number of amides is 1. The third kappa shape index (κ3) is 3.68. The Hall–Kier alpha value is -2.35. The average Bonchev–Trinajstić information content (AvgIpc) is 3.15. The van der Waals surface area contributed by atoms with Crippen LogP contribution in [-0.2, 0) is 16.4 Å². The maximum Gasteiger partial charge on any atom is 0.255 e. The monoisotopic (exact) mass is 363 g/mol. The fourth-order valence-corrected chi connectivity index (χ4v) is 4.79. The Balaban J connectivity index is 1.71. The Morgan fingerprint density at radius 3 is 2.84 bits per heavy atom. The summed E-state index contributed by atoms with van der Waals surface area (Å²) in [6.07, 6.45) is 2.03. The quantitative estimate of drug-likeness (QED) is 0.869. The summed E-state index contributed by atoms with van der Waals surface area (Å²) in [5, 5.41) is 7.10. The van der Waals surface area contributed by atoms with E-state index in [9.17, 15) is 13.2 Å². The van der Waals surface area contributed by atoms with Crippen molar-refractivity contribution >= 4 is 15.7 Å². The molecule has 1 aromatic heterocycles. The molecular weight excluding hydrogens is 342 g/mol. The second-order valence-corrected chi connectivity index (χ2v) is 8.37. The number of carbonyl (C=O) groups excluding carboxylic acids is 1. The molecule has 0 spiro atoms. The number of carbonyl (C=O) groups is 1. The van der Waals surface area contributed by atoms with Crippen molar-refractivity contribution < 1.29 is 17.9 Å². The number of sulfone groups is 1. The van der Waals surface area contributed by atoms with Crippen molar-refractivity contribution in [2.75, 3.05) is 18.6 Å². The lowest BCUT2D eigenvalue weighted by Gasteiger charge is -2.12. The molecule has 1 amide bonds. The van der Waals surface area contributed by atoms with Crippen molar-refractivity contribution in [1.29, 1.82) is 0 Å². The molecule has 1 N–H and O–H groups in total. The van der Waals surface area contributed by atoms with Crippen molar-refractivity contribution in [2.24, 2.45) is 0 Å². The van der Waals surface area contributed by atoms with Crippen molar-refractivity contribution in [2.45, 2.75) is 25.9 Å². The Labute approximate surface area is 146 Å². The van der Waals surface area contributed by atoms with Gasteiger partial charge in [-0.2, -0.15) is 5.10 Å². The van der Waals surface area contributed by atoms with Crippen molar-refractivity contribution in [1.82, 2.24) is 15.1 Å². The zero-order chi connectivity index (χ0) is 18.0. The summed E-state index contributed by atoms with van der Waals surface area (Å²) in [7, 11) is -1.41. The molecule has 0 aliphatic carbocycles. The summed E-state index contributed by atoms with van der Waals surface area (Å²) in [4.78, 5) is 12.5. The average molecular weight is 363 g/mol. The Kier molecular flexibility index (Phi) is 4.80. The molecule has 7 nitrogen and oxygen atoms in total. The fraction of sp³-hybridized carbons (Fsp3) is 0.412. The minimum Gasteiger partial charge on any atom is -0.496 e. The van der Waals surface area contributed by atoms with E-state index in [1.807, 2.05) is 24.3 Å². The molecule has 1 aliphatic rings. The molecule has 2 aromatic rings. The molecule has 1 aliphatic heterocycles. The third-order valence-corrected chi connectivity index (χ3v) is 6.23. The van der Waals surface area contributed by atoms with Gasteiger partial charge in [0.1, 0.15) is 5.75 Å². The zero-order valence-corrected chi connectivity index (χ0v) is 15.0. The first-order valence-corrected chi connectivity index (χ1v) is 9.88. The standard InChI is InChI=1S/C17H21N3O4S/c1-12-15(10-19-20(12)14-7-8-25(22,23)11-14)17(21)18-9-13-5-3-4-6-16(13)24-2/h3-6,10,14H,7-9,11H2,1-2H3,(H,18,21). The zero-order valence-electron chi connectivity index (χ0n) is 14.2. The van der Waals surface area contributed by atoms with Gasteiger partial charge in [-0.05, 0) is 19.4 Å². The van der Waals surface area contributed by atoms with E-state index in [4.69, 9.17) is 4.74 Å². The minimum absolute atomic E-state index is 0.0811. The second kappa shape index (κ2) is 6.87. The van der Waals surface area contributed by atoms with Gasteiger partial charge in [-0.15, -0.1) is 0 Å². The number of aromatic nitrogens is 2. The highest BCUT2D eigenvalue weighted by Crippen LogP contribution is 2.25. The number of rotatable bonds is 5. The third-order valence-electron chi connectivity index (χ3n) is 4.48. The Morgan fingerprint density at radius 2 is 2.16 bits per heavy atom. The molecule has 0 bridgehead atoms. The first-order chi connectivity index (χ1) is 11.9. The van der Waals surface area contributed by atoms with Gasteiger partial charge < -0.3 is 10.1 Å². The summed E-state index contributed by atoms with van der Waals surface area (Å²) < 4.78 is 30.2. The highest BCUT2D eigenvalue weighted by Gasteiger charge is 2.31. The van der Waals surface area contributed by atoms with Gasteiger partial charge in [0.15, 0.2) is 9.84 Å². The first-order valence-electron chi connectivity index (χ1n) is 8.06. The van der Waals surface area contributed by atoms with E-state index < -0.39 is 9.84 Å². The summed E-state index contributed by atoms with van der Waals surface area (Å²) in [6.45, 7) is 2.13. The number of nitrogens with one attached hydrogen (secondary N) is 1. The van der Waals surface area contributed by atoms with E-state index in [1.54, 1.807) is 18.7 Å². The molecule has 134 valence electrons. The van der Waals surface area contributed by atoms with E-state index in [0.29, 0.717) is 30.0 Å². The van der Waals surface area contributed by atoms with Gasteiger partial charge in [-0.3, -0.25) is 9.48 Å². The number of nitrogens with zero attached hydrogens (tertiary/aromatic N) is 2. The van der Waals surface area contributed by atoms with E-state index in [-0.39, 0.29) is 23.5 Å². The van der Waals surface area contributed by atoms with E-state index in [1.165, 1.54) is 6.20 Å². The lowest BCUT2D eigenvalue weighted by molar-refractivity contribution is 0.0950. The SMILES string of the molecule is COc1ccccc1CNC(=O)c1cnn(C2CCS(=O)(=O)C2)c1C. The van der Waals surface area contributed by atoms with Crippen LogP contribution in [-0.4, -0.2) is 42.7 Å². The maximum atomic E-state index is 12.5. The molecule has 1 atom stereocenters. The van der Waals surface area contributed by atoms with Gasteiger partial charge in [-0.1, -0.05) is 18.2 Å². The van der Waals surface area contributed by atoms with Gasteiger partial charge in [0.05, 0.1) is 36.4 Å². The fourth-order valence-electron chi connectivity index (χ4n) is 3.10. The van der Waals surface area contributed by atoms with Crippen molar-refractivity contribution in [3.05, 3.63) is 47.3 Å². The van der Waals surface area contributed by atoms with Crippen molar-refractivity contribution in [3.8, 4) is 5.75 Å². The predicted molar refractivity (Wildman–Crippen MR) is 93.4 cm³/mol. The van der Waals surface area contributed by atoms with Gasteiger partial charge >= 0.3 is 0 Å². The lowest BCUT2D eigenvalue weighted by atomic mass is 10.2. The van der Waals surface area contributed by atoms with Gasteiger partial charge in [0.25, 0.3) is 5.91 Å². The number of benzene rings is 1. The Morgan fingerprint density at radius 1 is 1.40 bits per heavy atom. The van der Waals surface area contributed by atoms with Crippen LogP contribution < -0.4 is 10.1 Å². The first kappa shape index (κ1) is 17.5. The van der Waals surface area contributed by atoms with Crippen LogP contribution in [0.15, 0.2) is 30.5 Å². The van der Waals surface area contributed by atoms with Gasteiger partial charge in [-0.25, -0.2) is 8.42 Å². The van der Waals surface area contributed by atoms with Crippen LogP contribution in [0.4, 0.5) is 0 Å². The van der Waals surface area contributed by atoms with Gasteiger partial charge in [0.2, 0.25) is 0 Å². The predicted octanol–water partition coefficient (Wildman–Crippen LogP) is 1.49. The highest BCUT2D eigenvalue weighted by molar-refractivity contribution is 7.91. The molecule has 1 saturated heterocycles. The van der Waals surface area contributed by atoms with Crippen molar-refractivity contribution in [3.63, 3.8) is 0 Å². The van der Waals surface area contributed by atoms with Crippen LogP contribution in [0, 0.1) is 6.92 Å². The largest absolute Gasteiger partial charge is 0.496 e. The van der Waals surface area contributed by atoms with Crippen LogP contribution in [0.5, 0.6) is 5.75 Å². The van der Waals surface area contributed by atoms with Crippen LogP contribution >= 0.6 is 0 Å². The van der Waals surface area contributed by atoms with Crippen LogP contribution in [0.2, 0.25) is 0 Å². The summed E-state index contributed by atoms with van der Waals surface area (Å²) >= 11 is 0. The molecule has 1 fully saturated rings. The molecule has 1 aromatic carbocycles. The van der Waals surface area contributed by atoms with Crippen LogP contribution in [0.1, 0.15) is 34.1 Å². The van der Waals surface area contributed by atoms with Crippen LogP contribution in [0.25, 0.3) is 0 Å². The summed E-state index contributed by atoms with van der Waals surface area (Å²) in [5.41, 5.74) is 2.02. The molecule has 2 heterocycles. The number of methoxy groups -OCH3 is 1. The normalized spacial score (nSPS) is 18.9. The highest BCUT2D eigenvalue weighted by atomic mass is 32.2. The number of hydrogen-bond donors (Lipinski definition) is 1. The molecule has 3 rings (SSSR count). The number of ether oxygens (including phenoxy) is 1. The minimum atomic E-state index is -3.00. The number of para-hydroxylation sites is 1. The molecule has 8 heteroatoms. The topological polar surface area (TPSA) is 90.3 Å². The molecule has 0 saturated carbocycles. The molecular formula is C17H21N3O4S. The summed E-state index contributed by atoms with van der Waals surface area (Å²) in [6, 6.07) is 7.28. The van der Waals surface area contributed by atoms with E-state index in [0.717, 1.165) is 5.56 Å². The molecule has 0 radical (unpaired) electrons. The second-order valence-electron chi connectivity index (χ2n) is 6.14. The van der Waals surface area contributed by atoms with Gasteiger partial charge in [0, 0.05) is 17.8 Å². The molecule has 1 unspecified atom stereocenters. The maximum absolute atomic E-state index is 12.5.